The molecular weight excluding hydrogens is 102 g/mol. The Hall–Kier alpha value is -0.860. The summed E-state index contributed by atoms with van der Waals surface area (Å²) in [5, 5.41) is 3.97. The van der Waals surface area contributed by atoms with Crippen molar-refractivity contribution >= 4 is 0 Å². The van der Waals surface area contributed by atoms with E-state index in [4.69, 9.17) is 0 Å². The standard InChI is InChI=1S/C5H10N3/c1-3-8-4-6-7(2)5-8/h4-5H,3H2,1-2H3/q+1. The second-order valence-electron chi connectivity index (χ2n) is 1.75. The fraction of sp³-hybridized carbons (Fsp3) is 0.600. The van der Waals surface area contributed by atoms with E-state index in [9.17, 15) is 0 Å². The molecule has 1 aromatic rings. The van der Waals surface area contributed by atoms with Crippen LogP contribution >= 0.6 is 0 Å². The normalized spacial score (nSPS) is 9.75. The zero-order valence-corrected chi connectivity index (χ0v) is 5.20. The van der Waals surface area contributed by atoms with Crippen molar-refractivity contribution < 1.29 is 4.57 Å². The van der Waals surface area contributed by atoms with Crippen LogP contribution in [-0.2, 0) is 13.6 Å². The molecule has 3 heteroatoms. The smallest absolute Gasteiger partial charge is 0.237 e. The molecule has 8 heavy (non-hydrogen) atoms. The van der Waals surface area contributed by atoms with E-state index < -0.39 is 0 Å². The maximum atomic E-state index is 3.97. The summed E-state index contributed by atoms with van der Waals surface area (Å²) in [4.78, 5) is 0. The molecule has 0 aromatic carbocycles. The Kier molecular flexibility index (Phi) is 1.28. The Labute approximate surface area is 48.6 Å². The van der Waals surface area contributed by atoms with E-state index in [0.29, 0.717) is 0 Å². The molecule has 0 atom stereocenters. The highest BCUT2D eigenvalue weighted by Crippen LogP contribution is 1.67. The Morgan fingerprint density at radius 1 is 1.75 bits per heavy atom. The van der Waals surface area contributed by atoms with Crippen molar-refractivity contribution in [2.75, 3.05) is 0 Å². The summed E-state index contributed by atoms with van der Waals surface area (Å²) in [5.41, 5.74) is 0. The summed E-state index contributed by atoms with van der Waals surface area (Å²) in [6.45, 7) is 3.08. The van der Waals surface area contributed by atoms with Crippen molar-refractivity contribution in [2.24, 2.45) is 7.05 Å². The molecular formula is C5H10N3+. The van der Waals surface area contributed by atoms with E-state index in [1.165, 1.54) is 0 Å². The minimum absolute atomic E-state index is 0.994. The van der Waals surface area contributed by atoms with Crippen LogP contribution in [-0.4, -0.2) is 9.78 Å². The zero-order chi connectivity index (χ0) is 5.98. The summed E-state index contributed by atoms with van der Waals surface area (Å²) in [5.74, 6) is 0. The zero-order valence-electron chi connectivity index (χ0n) is 5.20. The molecule has 1 heterocycles. The van der Waals surface area contributed by atoms with Crippen molar-refractivity contribution in [1.29, 1.82) is 0 Å². The van der Waals surface area contributed by atoms with E-state index in [1.54, 1.807) is 11.0 Å². The highest BCUT2D eigenvalue weighted by molar-refractivity contribution is 4.36. The Bertz CT molecular complexity index is 168. The van der Waals surface area contributed by atoms with E-state index in [0.717, 1.165) is 6.54 Å². The topological polar surface area (TPSA) is 21.7 Å². The van der Waals surface area contributed by atoms with Crippen LogP contribution in [0.2, 0.25) is 0 Å². The largest absolute Gasteiger partial charge is 0.265 e. The third-order valence-electron chi connectivity index (χ3n) is 1.06. The number of aryl methyl sites for hydroxylation is 2. The maximum Gasteiger partial charge on any atom is 0.265 e. The van der Waals surface area contributed by atoms with Crippen LogP contribution in [0, 0.1) is 0 Å². The summed E-state index contributed by atoms with van der Waals surface area (Å²) in [7, 11) is 1.91. The third kappa shape index (κ3) is 0.857. The second kappa shape index (κ2) is 1.94. The number of rotatable bonds is 1. The lowest BCUT2D eigenvalue weighted by Crippen LogP contribution is -2.28. The predicted molar refractivity (Wildman–Crippen MR) is 29.1 cm³/mol. The first-order valence-electron chi connectivity index (χ1n) is 2.70. The van der Waals surface area contributed by atoms with Crippen molar-refractivity contribution in [3.8, 4) is 0 Å². The monoisotopic (exact) mass is 112 g/mol. The lowest BCUT2D eigenvalue weighted by atomic mass is 10.7. The van der Waals surface area contributed by atoms with E-state index in [-0.39, 0.29) is 0 Å². The number of nitrogens with zero attached hydrogens (tertiary/aromatic N) is 3. The van der Waals surface area contributed by atoms with Crippen LogP contribution in [0.3, 0.4) is 0 Å². The maximum absolute atomic E-state index is 3.97. The minimum Gasteiger partial charge on any atom is -0.237 e. The Morgan fingerprint density at radius 2 is 2.50 bits per heavy atom. The van der Waals surface area contributed by atoms with Crippen molar-refractivity contribution in [3.63, 3.8) is 0 Å². The minimum atomic E-state index is 0.994. The van der Waals surface area contributed by atoms with Crippen LogP contribution in [0.15, 0.2) is 12.7 Å². The van der Waals surface area contributed by atoms with Crippen LogP contribution in [0.25, 0.3) is 0 Å². The fourth-order valence-corrected chi connectivity index (χ4v) is 0.585. The average Bonchev–Trinajstić information content (AvgIpc) is 2.14. The lowest BCUT2D eigenvalue weighted by Gasteiger charge is -1.80. The summed E-state index contributed by atoms with van der Waals surface area (Å²) in [6, 6.07) is 0. The molecule has 0 aliphatic heterocycles. The molecule has 0 unspecified atom stereocenters. The first-order valence-corrected chi connectivity index (χ1v) is 2.70. The van der Waals surface area contributed by atoms with Crippen LogP contribution in [0.5, 0.6) is 0 Å². The van der Waals surface area contributed by atoms with Crippen molar-refractivity contribution in [3.05, 3.63) is 12.7 Å². The van der Waals surface area contributed by atoms with Crippen molar-refractivity contribution in [2.45, 2.75) is 13.5 Å². The highest BCUT2D eigenvalue weighted by atomic mass is 15.3. The molecule has 0 bridgehead atoms. The van der Waals surface area contributed by atoms with Gasteiger partial charge in [-0.2, -0.15) is 0 Å². The molecule has 0 amide bonds. The first kappa shape index (κ1) is 5.28. The summed E-state index contributed by atoms with van der Waals surface area (Å²) in [6.07, 6.45) is 3.75. The van der Waals surface area contributed by atoms with Gasteiger partial charge in [-0.05, 0) is 6.92 Å². The van der Waals surface area contributed by atoms with Gasteiger partial charge in [0.2, 0.25) is 6.33 Å². The number of hydrogen-bond donors (Lipinski definition) is 0. The Balaban J connectivity index is 2.84. The molecule has 1 aromatic heterocycles. The van der Waals surface area contributed by atoms with Gasteiger partial charge in [0.1, 0.15) is 0 Å². The molecule has 44 valence electrons. The third-order valence-corrected chi connectivity index (χ3v) is 1.06. The number of hydrogen-bond acceptors (Lipinski definition) is 1. The van der Waals surface area contributed by atoms with Crippen LogP contribution < -0.4 is 4.57 Å². The lowest BCUT2D eigenvalue weighted by molar-refractivity contribution is -0.694. The molecule has 1 rings (SSSR count). The van der Waals surface area contributed by atoms with Gasteiger partial charge in [0.05, 0.1) is 13.6 Å². The summed E-state index contributed by atoms with van der Waals surface area (Å²) < 4.78 is 3.80. The molecule has 0 fully saturated rings. The highest BCUT2D eigenvalue weighted by Gasteiger charge is 1.94. The van der Waals surface area contributed by atoms with Crippen molar-refractivity contribution in [1.82, 2.24) is 9.78 Å². The molecule has 0 aliphatic carbocycles. The van der Waals surface area contributed by atoms with E-state index in [2.05, 4.69) is 12.0 Å². The van der Waals surface area contributed by atoms with Gasteiger partial charge in [0.15, 0.2) is 0 Å². The number of aromatic nitrogens is 3. The van der Waals surface area contributed by atoms with Gasteiger partial charge in [0.25, 0.3) is 6.33 Å². The summed E-state index contributed by atoms with van der Waals surface area (Å²) >= 11 is 0. The molecule has 3 nitrogen and oxygen atoms in total. The molecule has 0 saturated heterocycles. The molecule has 0 saturated carbocycles. The van der Waals surface area contributed by atoms with Crippen LogP contribution in [0.4, 0.5) is 0 Å². The Morgan fingerprint density at radius 3 is 2.75 bits per heavy atom. The quantitative estimate of drug-likeness (QED) is 0.458. The van der Waals surface area contributed by atoms with E-state index >= 15 is 0 Å². The van der Waals surface area contributed by atoms with E-state index in [1.807, 2.05) is 17.9 Å². The average molecular weight is 112 g/mol. The SMILES string of the molecule is CC[n+]1cnn(C)c1. The van der Waals surface area contributed by atoms with Gasteiger partial charge < -0.3 is 0 Å². The van der Waals surface area contributed by atoms with Gasteiger partial charge in [-0.15, -0.1) is 4.68 Å². The van der Waals surface area contributed by atoms with Gasteiger partial charge >= 0.3 is 0 Å². The molecule has 0 aliphatic rings. The van der Waals surface area contributed by atoms with Gasteiger partial charge in [-0.1, -0.05) is 0 Å². The predicted octanol–water partition coefficient (Wildman–Crippen LogP) is -0.273. The second-order valence-corrected chi connectivity index (χ2v) is 1.75. The molecule has 0 radical (unpaired) electrons. The van der Waals surface area contributed by atoms with Gasteiger partial charge in [-0.25, -0.2) is 4.57 Å². The van der Waals surface area contributed by atoms with Gasteiger partial charge in [0, 0.05) is 5.10 Å². The van der Waals surface area contributed by atoms with Crippen LogP contribution in [0.1, 0.15) is 6.92 Å². The first-order chi connectivity index (χ1) is 3.83. The molecule has 0 N–H and O–H groups in total. The molecule has 0 spiro atoms. The van der Waals surface area contributed by atoms with Gasteiger partial charge in [-0.3, -0.25) is 0 Å². The fourth-order valence-electron chi connectivity index (χ4n) is 0.585.